The number of benzene rings is 1. The van der Waals surface area contributed by atoms with Crippen molar-refractivity contribution in [3.05, 3.63) is 75.7 Å². The van der Waals surface area contributed by atoms with Crippen LogP contribution < -0.4 is 5.56 Å². The smallest absolute Gasteiger partial charge is 0.251 e. The van der Waals surface area contributed by atoms with Crippen LogP contribution in [0.3, 0.4) is 0 Å². The zero-order valence-electron chi connectivity index (χ0n) is 15.8. The van der Waals surface area contributed by atoms with Crippen LogP contribution in [-0.2, 0) is 6.54 Å². The molecule has 0 saturated carbocycles. The molecule has 2 aromatic heterocycles. The Morgan fingerprint density at radius 2 is 2.04 bits per heavy atom. The summed E-state index contributed by atoms with van der Waals surface area (Å²) in [6, 6.07) is 15.2. The second-order valence-electron chi connectivity index (χ2n) is 7.23. The molecule has 0 radical (unpaired) electrons. The Kier molecular flexibility index (Phi) is 5.09. The van der Waals surface area contributed by atoms with Crippen molar-refractivity contribution in [2.75, 3.05) is 13.1 Å². The predicted octanol–water partition coefficient (Wildman–Crippen LogP) is 3.59. The molecule has 1 aliphatic heterocycles. The summed E-state index contributed by atoms with van der Waals surface area (Å²) in [5.41, 5.74) is 2.26. The fourth-order valence-corrected chi connectivity index (χ4v) is 3.82. The summed E-state index contributed by atoms with van der Waals surface area (Å²) in [4.78, 5) is 21.2. The molecule has 1 aliphatic rings. The lowest BCUT2D eigenvalue weighted by Crippen LogP contribution is -2.33. The van der Waals surface area contributed by atoms with E-state index in [9.17, 15) is 10.1 Å². The second-order valence-corrected chi connectivity index (χ2v) is 7.23. The zero-order chi connectivity index (χ0) is 19.5. The van der Waals surface area contributed by atoms with Gasteiger partial charge in [-0.25, -0.2) is 4.98 Å². The molecular weight excluding hydrogens is 352 g/mol. The molecule has 6 heteroatoms. The largest absolute Gasteiger partial charge is 0.460 e. The van der Waals surface area contributed by atoms with Crippen LogP contribution in [-0.4, -0.2) is 28.0 Å². The van der Waals surface area contributed by atoms with Crippen LogP contribution >= 0.6 is 0 Å². The topological polar surface area (TPSA) is 85.9 Å². The molecular formula is C22H22N4O2. The first-order valence-electron chi connectivity index (χ1n) is 9.51. The maximum Gasteiger partial charge on any atom is 0.251 e. The minimum atomic E-state index is -0.0781. The first kappa shape index (κ1) is 18.2. The highest BCUT2D eigenvalue weighted by atomic mass is 16.3. The Morgan fingerprint density at radius 1 is 1.25 bits per heavy atom. The fourth-order valence-electron chi connectivity index (χ4n) is 3.82. The van der Waals surface area contributed by atoms with Gasteiger partial charge in [-0.05, 0) is 57.1 Å². The van der Waals surface area contributed by atoms with Crippen LogP contribution in [0.15, 0.2) is 51.7 Å². The summed E-state index contributed by atoms with van der Waals surface area (Å²) >= 11 is 0. The average Bonchev–Trinajstić information content (AvgIpc) is 3.16. The van der Waals surface area contributed by atoms with E-state index in [1.807, 2.05) is 37.3 Å². The van der Waals surface area contributed by atoms with E-state index in [2.05, 4.69) is 20.9 Å². The molecule has 0 bridgehead atoms. The van der Waals surface area contributed by atoms with Gasteiger partial charge in [0.15, 0.2) is 0 Å². The number of likely N-dealkylation sites (tertiary alicyclic amines) is 1. The number of hydrogen-bond donors (Lipinski definition) is 1. The monoisotopic (exact) mass is 374 g/mol. The van der Waals surface area contributed by atoms with Gasteiger partial charge < -0.3 is 9.40 Å². The van der Waals surface area contributed by atoms with Crippen LogP contribution in [0, 0.1) is 18.3 Å². The van der Waals surface area contributed by atoms with Gasteiger partial charge in [-0.1, -0.05) is 12.1 Å². The molecule has 4 rings (SSSR count). The van der Waals surface area contributed by atoms with Crippen LogP contribution in [0.25, 0.3) is 11.3 Å². The molecule has 142 valence electrons. The molecule has 0 aliphatic carbocycles. The van der Waals surface area contributed by atoms with Crippen LogP contribution in [0.1, 0.15) is 41.6 Å². The summed E-state index contributed by atoms with van der Waals surface area (Å²) in [6.07, 6.45) is 1.95. The number of H-pyrrole nitrogens is 1. The molecule has 6 nitrogen and oxygen atoms in total. The van der Waals surface area contributed by atoms with Crippen molar-refractivity contribution < 1.29 is 4.42 Å². The van der Waals surface area contributed by atoms with Crippen molar-refractivity contribution >= 4 is 0 Å². The predicted molar refractivity (Wildman–Crippen MR) is 106 cm³/mol. The molecule has 0 unspecified atom stereocenters. The normalized spacial score (nSPS) is 15.4. The molecule has 0 amide bonds. The van der Waals surface area contributed by atoms with Gasteiger partial charge >= 0.3 is 0 Å². The van der Waals surface area contributed by atoms with E-state index in [0.29, 0.717) is 17.3 Å². The van der Waals surface area contributed by atoms with Gasteiger partial charge in [0.1, 0.15) is 17.3 Å². The highest BCUT2D eigenvalue weighted by Gasteiger charge is 2.23. The summed E-state index contributed by atoms with van der Waals surface area (Å²) in [6.45, 7) is 4.42. The molecule has 3 heterocycles. The van der Waals surface area contributed by atoms with E-state index in [4.69, 9.17) is 4.42 Å². The van der Waals surface area contributed by atoms with Crippen molar-refractivity contribution in [3.8, 4) is 17.4 Å². The quantitative estimate of drug-likeness (QED) is 0.754. The third-order valence-electron chi connectivity index (χ3n) is 5.24. The van der Waals surface area contributed by atoms with Crippen molar-refractivity contribution in [1.82, 2.24) is 14.9 Å². The number of piperidine rings is 1. The number of nitriles is 1. The highest BCUT2D eigenvalue weighted by molar-refractivity contribution is 5.66. The third kappa shape index (κ3) is 3.90. The van der Waals surface area contributed by atoms with Crippen molar-refractivity contribution in [2.45, 2.75) is 32.2 Å². The number of aryl methyl sites for hydroxylation is 1. The SMILES string of the molecule is Cc1nc(C2CCN(Cc3ccc(-c4ccccc4C#N)o3)CC2)cc(=O)[nH]1. The van der Waals surface area contributed by atoms with E-state index >= 15 is 0 Å². The first-order chi connectivity index (χ1) is 13.6. The molecule has 1 saturated heterocycles. The van der Waals surface area contributed by atoms with Crippen molar-refractivity contribution in [1.29, 1.82) is 5.26 Å². The summed E-state index contributed by atoms with van der Waals surface area (Å²) in [5.74, 6) is 2.62. The van der Waals surface area contributed by atoms with Gasteiger partial charge in [-0.15, -0.1) is 0 Å². The first-order valence-corrected chi connectivity index (χ1v) is 9.51. The Labute approximate surface area is 163 Å². The van der Waals surface area contributed by atoms with Gasteiger partial charge in [0, 0.05) is 17.5 Å². The lowest BCUT2D eigenvalue weighted by molar-refractivity contribution is 0.190. The van der Waals surface area contributed by atoms with E-state index < -0.39 is 0 Å². The maximum atomic E-state index is 11.7. The number of nitrogens with one attached hydrogen (secondary N) is 1. The standard InChI is InChI=1S/C22H22N4O2/c1-15-24-20(12-22(27)25-15)16-8-10-26(11-9-16)14-18-6-7-21(28-18)19-5-3-2-4-17(19)13-23/h2-7,12,16H,8-11,14H2,1H3,(H,24,25,27). The van der Waals surface area contributed by atoms with Gasteiger partial charge in [0.25, 0.3) is 5.56 Å². The fraction of sp³-hybridized carbons (Fsp3) is 0.318. The molecule has 0 spiro atoms. The molecule has 1 fully saturated rings. The number of hydrogen-bond acceptors (Lipinski definition) is 5. The summed E-state index contributed by atoms with van der Waals surface area (Å²) < 4.78 is 6.01. The molecule has 3 aromatic rings. The van der Waals surface area contributed by atoms with Gasteiger partial charge in [0.2, 0.25) is 0 Å². The molecule has 28 heavy (non-hydrogen) atoms. The number of furan rings is 1. The minimum Gasteiger partial charge on any atom is -0.460 e. The second kappa shape index (κ2) is 7.83. The zero-order valence-corrected chi connectivity index (χ0v) is 15.8. The highest BCUT2D eigenvalue weighted by Crippen LogP contribution is 2.29. The van der Waals surface area contributed by atoms with Gasteiger partial charge in [0.05, 0.1) is 23.9 Å². The molecule has 0 atom stereocenters. The van der Waals surface area contributed by atoms with E-state index in [1.54, 1.807) is 12.1 Å². The van der Waals surface area contributed by atoms with E-state index in [1.165, 1.54) is 0 Å². The van der Waals surface area contributed by atoms with Gasteiger partial charge in [-0.2, -0.15) is 5.26 Å². The Morgan fingerprint density at radius 3 is 2.79 bits per heavy atom. The lowest BCUT2D eigenvalue weighted by atomic mass is 9.93. The van der Waals surface area contributed by atoms with Crippen LogP contribution in [0.4, 0.5) is 0 Å². The Bertz CT molecular complexity index is 1070. The minimum absolute atomic E-state index is 0.0781. The van der Waals surface area contributed by atoms with E-state index in [-0.39, 0.29) is 5.56 Å². The average molecular weight is 374 g/mol. The maximum absolute atomic E-state index is 11.7. The van der Waals surface area contributed by atoms with Crippen molar-refractivity contribution in [3.63, 3.8) is 0 Å². The van der Waals surface area contributed by atoms with Crippen LogP contribution in [0.5, 0.6) is 0 Å². The van der Waals surface area contributed by atoms with Crippen LogP contribution in [0.2, 0.25) is 0 Å². The Balaban J connectivity index is 1.40. The number of nitrogens with zero attached hydrogens (tertiary/aromatic N) is 3. The number of aromatic amines is 1. The van der Waals surface area contributed by atoms with Gasteiger partial charge in [-0.3, -0.25) is 9.69 Å². The lowest BCUT2D eigenvalue weighted by Gasteiger charge is -2.31. The summed E-state index contributed by atoms with van der Waals surface area (Å²) in [7, 11) is 0. The third-order valence-corrected chi connectivity index (χ3v) is 5.24. The summed E-state index contributed by atoms with van der Waals surface area (Å²) in [5, 5.41) is 9.27. The van der Waals surface area contributed by atoms with E-state index in [0.717, 1.165) is 55.3 Å². The molecule has 1 aromatic carbocycles. The number of aromatic nitrogens is 2. The van der Waals surface area contributed by atoms with Crippen molar-refractivity contribution in [2.24, 2.45) is 0 Å². The molecule has 1 N–H and O–H groups in total. The Hall–Kier alpha value is -3.17. The number of rotatable bonds is 4.